The van der Waals surface area contributed by atoms with Gasteiger partial charge in [0.05, 0.1) is 13.2 Å². The van der Waals surface area contributed by atoms with E-state index in [1.165, 1.54) is 12.8 Å². The molecule has 0 unspecified atom stereocenters. The van der Waals surface area contributed by atoms with E-state index in [4.69, 9.17) is 25.8 Å². The summed E-state index contributed by atoms with van der Waals surface area (Å²) in [6.45, 7) is 4.56. The number of carbonyl (C=O) groups is 1. The second-order valence-electron chi connectivity index (χ2n) is 8.57. The Kier molecular flexibility index (Phi) is 6.03. The highest BCUT2D eigenvalue weighted by Crippen LogP contribution is 2.33. The van der Waals surface area contributed by atoms with E-state index < -0.39 is 0 Å². The molecule has 31 heavy (non-hydrogen) atoms. The van der Waals surface area contributed by atoms with Gasteiger partial charge in [0.25, 0.3) is 5.91 Å². The highest BCUT2D eigenvalue weighted by atomic mass is 35.5. The van der Waals surface area contributed by atoms with Crippen LogP contribution in [0.5, 0.6) is 11.5 Å². The van der Waals surface area contributed by atoms with Gasteiger partial charge in [0, 0.05) is 23.2 Å². The van der Waals surface area contributed by atoms with Crippen LogP contribution in [-0.2, 0) is 11.3 Å². The molecule has 2 aromatic carbocycles. The van der Waals surface area contributed by atoms with E-state index in [2.05, 4.69) is 10.2 Å². The van der Waals surface area contributed by atoms with Crippen LogP contribution < -0.4 is 14.8 Å². The smallest absolute Gasteiger partial charge is 0.251 e. The van der Waals surface area contributed by atoms with Crippen molar-refractivity contribution in [2.45, 2.75) is 31.6 Å². The van der Waals surface area contributed by atoms with Crippen molar-refractivity contribution in [2.75, 3.05) is 32.8 Å². The third kappa shape index (κ3) is 4.81. The molecule has 6 nitrogen and oxygen atoms in total. The van der Waals surface area contributed by atoms with E-state index in [0.717, 1.165) is 25.2 Å². The van der Waals surface area contributed by atoms with Crippen LogP contribution in [-0.4, -0.2) is 55.8 Å². The molecule has 0 radical (unpaired) electrons. The minimum Gasteiger partial charge on any atom is -0.486 e. The highest BCUT2D eigenvalue weighted by Gasteiger charge is 2.35. The predicted molar refractivity (Wildman–Crippen MR) is 118 cm³/mol. The van der Waals surface area contributed by atoms with Gasteiger partial charge in [-0.1, -0.05) is 23.7 Å². The summed E-state index contributed by atoms with van der Waals surface area (Å²) in [5, 5.41) is 3.94. The molecule has 0 aromatic heterocycles. The number of ether oxygens (including phenoxy) is 3. The van der Waals surface area contributed by atoms with Crippen LogP contribution in [0, 0.1) is 5.92 Å². The van der Waals surface area contributed by atoms with Gasteiger partial charge in [0.15, 0.2) is 17.6 Å². The molecule has 3 fully saturated rings. The van der Waals surface area contributed by atoms with Crippen LogP contribution in [0.25, 0.3) is 0 Å². The van der Waals surface area contributed by atoms with Crippen LogP contribution in [0.4, 0.5) is 0 Å². The number of halogens is 1. The summed E-state index contributed by atoms with van der Waals surface area (Å²) in [5.74, 6) is 1.79. The molecule has 1 amide bonds. The second-order valence-corrected chi connectivity index (χ2v) is 9.01. The van der Waals surface area contributed by atoms with Gasteiger partial charge in [0.2, 0.25) is 0 Å². The van der Waals surface area contributed by atoms with Crippen molar-refractivity contribution in [3.63, 3.8) is 0 Å². The minimum atomic E-state index is -0.222. The lowest BCUT2D eigenvalue weighted by atomic mass is 9.84. The van der Waals surface area contributed by atoms with Crippen LogP contribution in [0.3, 0.4) is 0 Å². The first-order chi connectivity index (χ1) is 15.1. The Labute approximate surface area is 187 Å². The van der Waals surface area contributed by atoms with Gasteiger partial charge in [-0.25, -0.2) is 0 Å². The van der Waals surface area contributed by atoms with E-state index in [9.17, 15) is 4.79 Å². The standard InChI is InChI=1S/C24H27ClN2O4/c25-19-4-1-16(2-5-19)13-29-14-20-15-30-22-6-3-18(11-23(22)31-20)24(28)26-21-12-27-9-7-17(21)8-10-27/h1-6,11,17,20-21H,7-10,12-15H2,(H,26,28)/t20-,21-/m0/s1. The largest absolute Gasteiger partial charge is 0.486 e. The Morgan fingerprint density at radius 3 is 2.68 bits per heavy atom. The van der Waals surface area contributed by atoms with Crippen LogP contribution in [0.15, 0.2) is 42.5 Å². The average molecular weight is 443 g/mol. The van der Waals surface area contributed by atoms with Gasteiger partial charge in [-0.3, -0.25) is 4.79 Å². The maximum absolute atomic E-state index is 12.8. The second kappa shape index (κ2) is 9.07. The lowest BCUT2D eigenvalue weighted by Gasteiger charge is -2.44. The molecule has 0 spiro atoms. The number of piperidine rings is 3. The Bertz CT molecular complexity index is 928. The Hall–Kier alpha value is -2.28. The fraction of sp³-hybridized carbons (Fsp3) is 0.458. The molecule has 0 aliphatic carbocycles. The summed E-state index contributed by atoms with van der Waals surface area (Å²) in [7, 11) is 0. The minimum absolute atomic E-state index is 0.0498. The molecule has 2 aromatic rings. The van der Waals surface area contributed by atoms with Crippen LogP contribution in [0.1, 0.15) is 28.8 Å². The summed E-state index contributed by atoms with van der Waals surface area (Å²) in [6.07, 6.45) is 2.12. The van der Waals surface area contributed by atoms with E-state index in [-0.39, 0.29) is 18.1 Å². The first-order valence-electron chi connectivity index (χ1n) is 10.9. The van der Waals surface area contributed by atoms with Gasteiger partial charge in [-0.15, -0.1) is 0 Å². The Balaban J connectivity index is 1.16. The molecule has 1 N–H and O–H groups in total. The van der Waals surface area contributed by atoms with E-state index in [0.29, 0.717) is 47.8 Å². The highest BCUT2D eigenvalue weighted by molar-refractivity contribution is 6.30. The molecule has 2 bridgehead atoms. The van der Waals surface area contributed by atoms with Crippen molar-refractivity contribution in [1.29, 1.82) is 0 Å². The van der Waals surface area contributed by atoms with Crippen LogP contribution >= 0.6 is 11.6 Å². The van der Waals surface area contributed by atoms with Crippen molar-refractivity contribution in [3.8, 4) is 11.5 Å². The normalized spacial score (nSPS) is 26.5. The van der Waals surface area contributed by atoms with Gasteiger partial charge in [-0.2, -0.15) is 0 Å². The summed E-state index contributed by atoms with van der Waals surface area (Å²) >= 11 is 5.91. The first-order valence-corrected chi connectivity index (χ1v) is 11.3. The molecule has 0 saturated carbocycles. The summed E-state index contributed by atoms with van der Waals surface area (Å²) in [5.41, 5.74) is 1.65. The summed E-state index contributed by atoms with van der Waals surface area (Å²) in [6, 6.07) is 13.2. The number of hydrogen-bond donors (Lipinski definition) is 1. The van der Waals surface area contributed by atoms with Gasteiger partial charge >= 0.3 is 0 Å². The Morgan fingerprint density at radius 2 is 1.94 bits per heavy atom. The molecule has 7 heteroatoms. The molecule has 4 aliphatic rings. The summed E-state index contributed by atoms with van der Waals surface area (Å²) < 4.78 is 17.7. The van der Waals surface area contributed by atoms with Gasteiger partial charge in [0.1, 0.15) is 6.61 Å². The molecule has 6 rings (SSSR count). The van der Waals surface area contributed by atoms with Crippen molar-refractivity contribution in [2.24, 2.45) is 5.92 Å². The number of fused-ring (bicyclic) bond motifs is 4. The van der Waals surface area contributed by atoms with Crippen molar-refractivity contribution in [3.05, 3.63) is 58.6 Å². The molecule has 3 saturated heterocycles. The number of rotatable bonds is 6. The third-order valence-corrected chi connectivity index (χ3v) is 6.63. The van der Waals surface area contributed by atoms with Gasteiger partial charge < -0.3 is 24.4 Å². The molecular formula is C24H27ClN2O4. The van der Waals surface area contributed by atoms with E-state index in [1.807, 2.05) is 30.3 Å². The number of benzene rings is 2. The van der Waals surface area contributed by atoms with Crippen molar-refractivity contribution in [1.82, 2.24) is 10.2 Å². The number of amides is 1. The quantitative estimate of drug-likeness (QED) is 0.741. The zero-order valence-electron chi connectivity index (χ0n) is 17.4. The monoisotopic (exact) mass is 442 g/mol. The first kappa shape index (κ1) is 20.6. The number of nitrogens with zero attached hydrogens (tertiary/aromatic N) is 1. The number of hydrogen-bond acceptors (Lipinski definition) is 5. The SMILES string of the molecule is O=C(N[C@H]1CN2CCC1CC2)c1ccc2c(c1)O[C@@H](COCc1ccc(Cl)cc1)CO2. The lowest BCUT2D eigenvalue weighted by molar-refractivity contribution is 0.00266. The molecule has 4 heterocycles. The fourth-order valence-corrected chi connectivity index (χ4v) is 4.73. The van der Waals surface area contributed by atoms with Crippen molar-refractivity contribution < 1.29 is 19.0 Å². The lowest BCUT2D eigenvalue weighted by Crippen LogP contribution is -2.57. The van der Waals surface area contributed by atoms with Gasteiger partial charge in [-0.05, 0) is 67.7 Å². The maximum Gasteiger partial charge on any atom is 0.251 e. The number of nitrogens with one attached hydrogen (secondary N) is 1. The zero-order valence-corrected chi connectivity index (χ0v) is 18.1. The maximum atomic E-state index is 12.8. The third-order valence-electron chi connectivity index (χ3n) is 6.38. The molecular weight excluding hydrogens is 416 g/mol. The topological polar surface area (TPSA) is 60.0 Å². The summed E-state index contributed by atoms with van der Waals surface area (Å²) in [4.78, 5) is 15.3. The fourth-order valence-electron chi connectivity index (χ4n) is 4.61. The molecule has 2 atom stereocenters. The zero-order chi connectivity index (χ0) is 21.2. The average Bonchev–Trinajstić information content (AvgIpc) is 2.81. The molecule has 4 aliphatic heterocycles. The van der Waals surface area contributed by atoms with Crippen LogP contribution in [0.2, 0.25) is 5.02 Å². The van der Waals surface area contributed by atoms with E-state index in [1.54, 1.807) is 12.1 Å². The Morgan fingerprint density at radius 1 is 1.13 bits per heavy atom. The van der Waals surface area contributed by atoms with E-state index >= 15 is 0 Å². The number of carbonyl (C=O) groups excluding carboxylic acids is 1. The predicted octanol–water partition coefficient (Wildman–Crippen LogP) is 3.52. The van der Waals surface area contributed by atoms with Crippen molar-refractivity contribution >= 4 is 17.5 Å². The molecule has 164 valence electrons.